The summed E-state index contributed by atoms with van der Waals surface area (Å²) in [5.74, 6) is 1.18. The monoisotopic (exact) mass is 511 g/mol. The summed E-state index contributed by atoms with van der Waals surface area (Å²) in [6, 6.07) is 14.7. The van der Waals surface area contributed by atoms with Crippen molar-refractivity contribution in [3.05, 3.63) is 58.6 Å². The molecule has 3 rings (SSSR count). The predicted octanol–water partition coefficient (Wildman–Crippen LogP) is 2.27. The lowest BCUT2D eigenvalue weighted by Crippen LogP contribution is -3.00. The minimum Gasteiger partial charge on any atom is -1.00 e. The van der Waals surface area contributed by atoms with E-state index in [2.05, 4.69) is 26.1 Å². The van der Waals surface area contributed by atoms with Crippen LogP contribution in [-0.2, 0) is 0 Å². The lowest BCUT2D eigenvalue weighted by atomic mass is 10.1. The topological polar surface area (TPSA) is 65.2 Å². The van der Waals surface area contributed by atoms with Crippen LogP contribution in [0.3, 0.4) is 0 Å². The lowest BCUT2D eigenvalue weighted by Gasteiger charge is -2.08. The number of nitrogens with zero attached hydrogens (tertiary/aromatic N) is 2. The number of carbonyl (C=O) groups is 1. The Morgan fingerprint density at radius 2 is 1.81 bits per heavy atom. The third-order valence-corrected chi connectivity index (χ3v) is 5.06. The lowest BCUT2D eigenvalue weighted by molar-refractivity contribution is -0.0000138. The van der Waals surface area contributed by atoms with E-state index in [1.54, 1.807) is 24.3 Å². The van der Waals surface area contributed by atoms with E-state index < -0.39 is 0 Å². The van der Waals surface area contributed by atoms with Crippen molar-refractivity contribution in [3.63, 3.8) is 0 Å². The normalized spacial score (nSPS) is 11.5. The van der Waals surface area contributed by atoms with Crippen LogP contribution in [0, 0.1) is 0 Å². The maximum atomic E-state index is 12.6. The molecule has 0 spiro atoms. The van der Waals surface area contributed by atoms with Crippen LogP contribution >= 0.6 is 27.7 Å². The van der Waals surface area contributed by atoms with E-state index >= 15 is 0 Å². The molecule has 1 heterocycles. The van der Waals surface area contributed by atoms with Gasteiger partial charge in [-0.2, -0.15) is 0 Å². The van der Waals surface area contributed by atoms with Gasteiger partial charge in [0.15, 0.2) is 5.78 Å². The smallest absolute Gasteiger partial charge is 0.277 e. The molecule has 2 aromatic carbocycles. The molecule has 1 aromatic heterocycles. The number of Topliss-reactive ketones (excluding diaryl/α,β-unsaturated/α-hetero) is 1. The zero-order valence-electron chi connectivity index (χ0n) is 14.7. The number of aromatic nitrogens is 2. The largest absolute Gasteiger partial charge is 1.00 e. The average molecular weight is 513 g/mol. The number of ether oxygens (including phenoxy) is 1. The minimum absolute atomic E-state index is 0. The molecule has 5 nitrogen and oxygen atoms in total. The van der Waals surface area contributed by atoms with E-state index in [1.807, 2.05) is 38.1 Å². The molecule has 142 valence electrons. The number of benzene rings is 2. The second-order valence-corrected chi connectivity index (χ2v) is 7.67. The summed E-state index contributed by atoms with van der Waals surface area (Å²) in [6.07, 6.45) is 0. The molecule has 1 unspecified atom stereocenters. The van der Waals surface area contributed by atoms with Gasteiger partial charge in [0.05, 0.1) is 11.9 Å². The third kappa shape index (κ3) is 5.67. The number of halogens is 2. The van der Waals surface area contributed by atoms with Crippen LogP contribution in [0.15, 0.2) is 62.6 Å². The number of rotatable bonds is 7. The predicted molar refractivity (Wildman–Crippen MR) is 105 cm³/mol. The van der Waals surface area contributed by atoms with E-state index in [0.29, 0.717) is 23.3 Å². The zero-order chi connectivity index (χ0) is 18.5. The van der Waals surface area contributed by atoms with Crippen molar-refractivity contribution < 1.29 is 30.9 Å². The second-order valence-electron chi connectivity index (χ2n) is 5.46. The fourth-order valence-electron chi connectivity index (χ4n) is 2.29. The molecule has 8 heteroatoms. The SMILES string of the molecule is CCOc1ccc(C(=O)C(C)Sc2nnc(-c3ccc(Br)cc3)o2)cc1.[Br-]. The number of carbonyl (C=O) groups excluding carboxylic acids is 1. The zero-order valence-corrected chi connectivity index (χ0v) is 18.7. The summed E-state index contributed by atoms with van der Waals surface area (Å²) >= 11 is 4.64. The molecule has 0 amide bonds. The van der Waals surface area contributed by atoms with Gasteiger partial charge in [-0.25, -0.2) is 0 Å². The number of hydrogen-bond donors (Lipinski definition) is 0. The van der Waals surface area contributed by atoms with Crippen molar-refractivity contribution in [2.45, 2.75) is 24.3 Å². The van der Waals surface area contributed by atoms with E-state index in [0.717, 1.165) is 15.8 Å². The summed E-state index contributed by atoms with van der Waals surface area (Å²) < 4.78 is 12.0. The van der Waals surface area contributed by atoms with Crippen molar-refractivity contribution in [2.75, 3.05) is 6.61 Å². The summed E-state index contributed by atoms with van der Waals surface area (Å²) in [6.45, 7) is 4.34. The van der Waals surface area contributed by atoms with Crippen LogP contribution in [-0.4, -0.2) is 27.8 Å². The minimum atomic E-state index is -0.342. The molecular weight excluding hydrogens is 496 g/mol. The molecule has 0 aliphatic rings. The van der Waals surface area contributed by atoms with Gasteiger partial charge in [0.2, 0.25) is 5.89 Å². The van der Waals surface area contributed by atoms with Gasteiger partial charge < -0.3 is 26.1 Å². The van der Waals surface area contributed by atoms with Crippen LogP contribution < -0.4 is 21.7 Å². The molecular formula is C19H17Br2N2O3S-. The molecule has 0 aliphatic carbocycles. The number of ketones is 1. The Kier molecular flexibility index (Phi) is 8.07. The fourth-order valence-corrected chi connectivity index (χ4v) is 3.31. The molecule has 27 heavy (non-hydrogen) atoms. The molecule has 0 saturated carbocycles. The first-order valence-electron chi connectivity index (χ1n) is 8.10. The molecule has 0 bridgehead atoms. The van der Waals surface area contributed by atoms with Gasteiger partial charge in [-0.15, -0.1) is 10.2 Å². The first-order chi connectivity index (χ1) is 12.6. The Morgan fingerprint density at radius 1 is 1.15 bits per heavy atom. The summed E-state index contributed by atoms with van der Waals surface area (Å²) in [5.41, 5.74) is 1.46. The van der Waals surface area contributed by atoms with Gasteiger partial charge >= 0.3 is 0 Å². The molecule has 3 aromatic rings. The van der Waals surface area contributed by atoms with Crippen LogP contribution in [0.1, 0.15) is 24.2 Å². The summed E-state index contributed by atoms with van der Waals surface area (Å²) in [4.78, 5) is 12.6. The number of hydrogen-bond acceptors (Lipinski definition) is 6. The second kappa shape index (κ2) is 10.1. The molecule has 0 fully saturated rings. The molecule has 0 aliphatic heterocycles. The quantitative estimate of drug-likeness (QED) is 0.357. The highest BCUT2D eigenvalue weighted by molar-refractivity contribution is 9.10. The third-order valence-electron chi connectivity index (χ3n) is 3.59. The Hall–Kier alpha value is -1.64. The summed E-state index contributed by atoms with van der Waals surface area (Å²) in [7, 11) is 0. The van der Waals surface area contributed by atoms with Crippen molar-refractivity contribution in [3.8, 4) is 17.2 Å². The molecule has 1 atom stereocenters. The maximum Gasteiger partial charge on any atom is 0.277 e. The van der Waals surface area contributed by atoms with Crippen LogP contribution in [0.4, 0.5) is 0 Å². The van der Waals surface area contributed by atoms with E-state index in [1.165, 1.54) is 11.8 Å². The van der Waals surface area contributed by atoms with Gasteiger partial charge in [-0.1, -0.05) is 27.7 Å². The van der Waals surface area contributed by atoms with Crippen molar-refractivity contribution in [1.82, 2.24) is 10.2 Å². The van der Waals surface area contributed by atoms with Crippen molar-refractivity contribution in [2.24, 2.45) is 0 Å². The first kappa shape index (κ1) is 21.7. The Bertz CT molecular complexity index is 883. The van der Waals surface area contributed by atoms with Gasteiger partial charge in [0.25, 0.3) is 5.22 Å². The standard InChI is InChI=1S/C19H17BrN2O3S.BrH/c1-3-24-16-10-6-13(7-11-16)17(23)12(2)26-19-22-21-18(25-19)14-4-8-15(20)9-5-14;/h4-12H,3H2,1-2H3;1H/p-1. The first-order valence-corrected chi connectivity index (χ1v) is 9.77. The molecule has 0 saturated heterocycles. The highest BCUT2D eigenvalue weighted by Crippen LogP contribution is 2.28. The van der Waals surface area contributed by atoms with E-state index in [4.69, 9.17) is 9.15 Å². The Morgan fingerprint density at radius 3 is 2.44 bits per heavy atom. The van der Waals surface area contributed by atoms with Crippen molar-refractivity contribution >= 4 is 33.5 Å². The molecule has 0 N–H and O–H groups in total. The van der Waals surface area contributed by atoms with Gasteiger partial charge in [0, 0.05) is 15.6 Å². The Balaban J connectivity index is 0.00000261. The number of thioether (sulfide) groups is 1. The maximum absolute atomic E-state index is 12.6. The fraction of sp³-hybridized carbons (Fsp3) is 0.211. The van der Waals surface area contributed by atoms with Gasteiger partial charge in [-0.3, -0.25) is 4.79 Å². The van der Waals surface area contributed by atoms with Crippen LogP contribution in [0.2, 0.25) is 0 Å². The highest BCUT2D eigenvalue weighted by atomic mass is 79.9. The van der Waals surface area contributed by atoms with Crippen LogP contribution in [0.5, 0.6) is 5.75 Å². The van der Waals surface area contributed by atoms with Crippen molar-refractivity contribution in [1.29, 1.82) is 0 Å². The highest BCUT2D eigenvalue weighted by Gasteiger charge is 2.20. The van der Waals surface area contributed by atoms with E-state index in [-0.39, 0.29) is 28.0 Å². The van der Waals surface area contributed by atoms with Gasteiger partial charge in [0.1, 0.15) is 5.75 Å². The van der Waals surface area contributed by atoms with Crippen LogP contribution in [0.25, 0.3) is 11.5 Å². The van der Waals surface area contributed by atoms with Gasteiger partial charge in [-0.05, 0) is 62.4 Å². The molecule has 0 radical (unpaired) electrons. The Labute approximate surface area is 180 Å². The average Bonchev–Trinajstić information content (AvgIpc) is 3.11. The summed E-state index contributed by atoms with van der Waals surface area (Å²) in [5, 5.41) is 8.11. The van der Waals surface area contributed by atoms with E-state index in [9.17, 15) is 4.79 Å².